The summed E-state index contributed by atoms with van der Waals surface area (Å²) in [5, 5.41) is 11.8. The molecule has 2 aliphatic rings. The van der Waals surface area contributed by atoms with E-state index in [1.165, 1.54) is 0 Å². The number of hydrogen-bond donors (Lipinski definition) is 2. The Bertz CT molecular complexity index is 416. The molecule has 2 unspecified atom stereocenters. The third-order valence-corrected chi connectivity index (χ3v) is 4.43. The number of nitrogens with one attached hydrogen (secondary N) is 1. The molecule has 1 aliphatic carbocycles. The number of carbonyl (C=O) groups excluding carboxylic acids is 1. The smallest absolute Gasteiger partial charge is 0.317 e. The van der Waals surface area contributed by atoms with Crippen molar-refractivity contribution in [3.8, 4) is 0 Å². The second kappa shape index (κ2) is 6.93. The summed E-state index contributed by atoms with van der Waals surface area (Å²) >= 11 is 0. The number of nitrogens with zero attached hydrogens (tertiary/aromatic N) is 2. The Labute approximate surface area is 125 Å². The summed E-state index contributed by atoms with van der Waals surface area (Å²) in [5.41, 5.74) is 0. The summed E-state index contributed by atoms with van der Waals surface area (Å²) in [5.74, 6) is -0.750. The highest BCUT2D eigenvalue weighted by Gasteiger charge is 2.27. The predicted octanol–water partition coefficient (Wildman–Crippen LogP) is 0.999. The van der Waals surface area contributed by atoms with Gasteiger partial charge in [0.15, 0.2) is 0 Å². The van der Waals surface area contributed by atoms with Gasteiger partial charge < -0.3 is 20.2 Å². The Morgan fingerprint density at radius 1 is 1.33 bits per heavy atom. The van der Waals surface area contributed by atoms with Gasteiger partial charge >= 0.3 is 12.0 Å². The van der Waals surface area contributed by atoms with Crippen molar-refractivity contribution in [3.05, 3.63) is 12.2 Å². The van der Waals surface area contributed by atoms with Gasteiger partial charge in [0.05, 0.1) is 12.0 Å². The standard InChI is InChI=1S/C15H25N3O3/c1-17-7-5-11(6-8-17)10-18(2)15(21)16-13-4-3-12(9-13)14(19)20/h3-4,11-13H,5-10H2,1-2H3,(H,16,21)(H,19,20). The van der Waals surface area contributed by atoms with Crippen molar-refractivity contribution in [1.29, 1.82) is 0 Å². The van der Waals surface area contributed by atoms with Crippen LogP contribution in [0.1, 0.15) is 19.3 Å². The fraction of sp³-hybridized carbons (Fsp3) is 0.733. The Kier molecular flexibility index (Phi) is 5.22. The van der Waals surface area contributed by atoms with Crippen LogP contribution in [0.15, 0.2) is 12.2 Å². The monoisotopic (exact) mass is 295 g/mol. The van der Waals surface area contributed by atoms with Crippen LogP contribution in [0, 0.1) is 11.8 Å². The molecule has 2 atom stereocenters. The molecule has 1 aliphatic heterocycles. The molecule has 2 rings (SSSR count). The third kappa shape index (κ3) is 4.46. The number of amides is 2. The second-order valence-corrected chi connectivity index (χ2v) is 6.25. The number of carboxylic acid groups (broad SMARTS) is 1. The molecule has 118 valence electrons. The summed E-state index contributed by atoms with van der Waals surface area (Å²) in [4.78, 5) is 27.0. The lowest BCUT2D eigenvalue weighted by molar-refractivity contribution is -0.140. The van der Waals surface area contributed by atoms with Crippen LogP contribution in [0.25, 0.3) is 0 Å². The van der Waals surface area contributed by atoms with Crippen molar-refractivity contribution in [3.63, 3.8) is 0 Å². The number of aliphatic carboxylic acids is 1. The first-order valence-electron chi connectivity index (χ1n) is 7.57. The average molecular weight is 295 g/mol. The summed E-state index contributed by atoms with van der Waals surface area (Å²) in [6.07, 6.45) is 6.13. The fourth-order valence-electron chi connectivity index (χ4n) is 2.97. The van der Waals surface area contributed by atoms with Crippen molar-refractivity contribution in [2.45, 2.75) is 25.3 Å². The molecule has 0 bridgehead atoms. The highest BCUT2D eigenvalue weighted by atomic mass is 16.4. The molecule has 0 aromatic rings. The molecule has 1 saturated heterocycles. The zero-order valence-electron chi connectivity index (χ0n) is 12.8. The van der Waals surface area contributed by atoms with Crippen molar-refractivity contribution in [2.24, 2.45) is 11.8 Å². The number of carbonyl (C=O) groups is 2. The van der Waals surface area contributed by atoms with Crippen LogP contribution in [0.3, 0.4) is 0 Å². The molecular weight excluding hydrogens is 270 g/mol. The normalized spacial score (nSPS) is 26.8. The first-order valence-corrected chi connectivity index (χ1v) is 7.57. The maximum Gasteiger partial charge on any atom is 0.317 e. The molecule has 6 heteroatoms. The maximum absolute atomic E-state index is 12.1. The van der Waals surface area contributed by atoms with Crippen LogP contribution in [-0.4, -0.2) is 66.7 Å². The highest BCUT2D eigenvalue weighted by Crippen LogP contribution is 2.19. The summed E-state index contributed by atoms with van der Waals surface area (Å²) < 4.78 is 0. The molecule has 0 saturated carbocycles. The van der Waals surface area contributed by atoms with Gasteiger partial charge in [0.25, 0.3) is 0 Å². The van der Waals surface area contributed by atoms with Gasteiger partial charge in [-0.2, -0.15) is 0 Å². The quantitative estimate of drug-likeness (QED) is 0.759. The molecule has 6 nitrogen and oxygen atoms in total. The van der Waals surface area contributed by atoms with E-state index in [4.69, 9.17) is 5.11 Å². The number of carboxylic acids is 1. The van der Waals surface area contributed by atoms with Crippen LogP contribution >= 0.6 is 0 Å². The molecule has 0 radical (unpaired) electrons. The van der Waals surface area contributed by atoms with Gasteiger partial charge in [-0.15, -0.1) is 0 Å². The van der Waals surface area contributed by atoms with Gasteiger partial charge in [-0.25, -0.2) is 4.79 Å². The number of likely N-dealkylation sites (tertiary alicyclic amines) is 1. The minimum absolute atomic E-state index is 0.116. The molecule has 0 aromatic carbocycles. The van der Waals surface area contributed by atoms with Gasteiger partial charge in [0, 0.05) is 13.6 Å². The first kappa shape index (κ1) is 15.8. The second-order valence-electron chi connectivity index (χ2n) is 6.25. The van der Waals surface area contributed by atoms with Crippen LogP contribution < -0.4 is 5.32 Å². The molecule has 21 heavy (non-hydrogen) atoms. The Hall–Kier alpha value is -1.56. The van der Waals surface area contributed by atoms with Crippen molar-refractivity contribution < 1.29 is 14.7 Å². The topological polar surface area (TPSA) is 72.9 Å². The van der Waals surface area contributed by atoms with E-state index in [0.29, 0.717) is 12.3 Å². The molecule has 1 fully saturated rings. The summed E-state index contributed by atoms with van der Waals surface area (Å²) in [6.45, 7) is 2.94. The predicted molar refractivity (Wildman–Crippen MR) is 80.1 cm³/mol. The van der Waals surface area contributed by atoms with Gasteiger partial charge in [0.2, 0.25) is 0 Å². The van der Waals surface area contributed by atoms with Gasteiger partial charge in [-0.1, -0.05) is 12.2 Å². The number of rotatable bonds is 4. The summed E-state index contributed by atoms with van der Waals surface area (Å²) in [6, 6.07) is -0.284. The van der Waals surface area contributed by atoms with E-state index in [1.54, 1.807) is 24.1 Å². The van der Waals surface area contributed by atoms with E-state index in [1.807, 2.05) is 0 Å². The SMILES string of the molecule is CN1CCC(CN(C)C(=O)NC2C=CC(C(=O)O)C2)CC1. The van der Waals surface area contributed by atoms with Gasteiger partial charge in [-0.3, -0.25) is 4.79 Å². The van der Waals surface area contributed by atoms with Crippen molar-refractivity contribution in [2.75, 3.05) is 33.7 Å². The number of piperidine rings is 1. The Morgan fingerprint density at radius 2 is 2.00 bits per heavy atom. The zero-order chi connectivity index (χ0) is 15.4. The number of hydrogen-bond acceptors (Lipinski definition) is 3. The van der Waals surface area contributed by atoms with E-state index in [2.05, 4.69) is 17.3 Å². The van der Waals surface area contributed by atoms with E-state index >= 15 is 0 Å². The van der Waals surface area contributed by atoms with Crippen molar-refractivity contribution >= 4 is 12.0 Å². The first-order chi connectivity index (χ1) is 9.95. The number of urea groups is 1. The Balaban J connectivity index is 1.73. The summed E-state index contributed by atoms with van der Waals surface area (Å²) in [7, 11) is 3.93. The molecule has 0 spiro atoms. The maximum atomic E-state index is 12.1. The lowest BCUT2D eigenvalue weighted by Crippen LogP contribution is -2.45. The van der Waals surface area contributed by atoms with Gasteiger partial charge in [0.1, 0.15) is 0 Å². The van der Waals surface area contributed by atoms with Crippen molar-refractivity contribution in [1.82, 2.24) is 15.1 Å². The van der Waals surface area contributed by atoms with E-state index in [9.17, 15) is 9.59 Å². The largest absolute Gasteiger partial charge is 0.481 e. The van der Waals surface area contributed by atoms with Gasteiger partial charge in [-0.05, 0) is 45.3 Å². The fourth-order valence-corrected chi connectivity index (χ4v) is 2.97. The third-order valence-electron chi connectivity index (χ3n) is 4.43. The minimum Gasteiger partial charge on any atom is -0.481 e. The molecule has 2 N–H and O–H groups in total. The van der Waals surface area contributed by atoms with E-state index in [-0.39, 0.29) is 12.1 Å². The van der Waals surface area contributed by atoms with Crippen LogP contribution in [0.4, 0.5) is 4.79 Å². The molecule has 2 amide bonds. The van der Waals surface area contributed by atoms with Crippen LogP contribution in [0.2, 0.25) is 0 Å². The lowest BCUT2D eigenvalue weighted by Gasteiger charge is -2.32. The average Bonchev–Trinajstić information content (AvgIpc) is 2.90. The molecule has 1 heterocycles. The zero-order valence-corrected chi connectivity index (χ0v) is 12.8. The lowest BCUT2D eigenvalue weighted by atomic mass is 9.97. The van der Waals surface area contributed by atoms with Crippen LogP contribution in [-0.2, 0) is 4.79 Å². The highest BCUT2D eigenvalue weighted by molar-refractivity contribution is 5.76. The molecule has 0 aromatic heterocycles. The van der Waals surface area contributed by atoms with E-state index < -0.39 is 11.9 Å². The van der Waals surface area contributed by atoms with E-state index in [0.717, 1.165) is 32.5 Å². The minimum atomic E-state index is -0.831. The molecular formula is C15H25N3O3. The Morgan fingerprint density at radius 3 is 2.57 bits per heavy atom. The van der Waals surface area contributed by atoms with Crippen LogP contribution in [0.5, 0.6) is 0 Å².